The molecule has 53 heavy (non-hydrogen) atoms. The molecule has 3 aromatic heterocycles. The number of rotatable bonds is 10. The second-order valence-electron chi connectivity index (χ2n) is 14.0. The van der Waals surface area contributed by atoms with Gasteiger partial charge in [-0.1, -0.05) is 31.4 Å². The third kappa shape index (κ3) is 6.43. The maximum Gasteiger partial charge on any atom is 0.319 e. The predicted octanol–water partition coefficient (Wildman–Crippen LogP) is 6.96. The lowest BCUT2D eigenvalue weighted by molar-refractivity contribution is -0.129. The Bertz CT molecular complexity index is 2280. The van der Waals surface area contributed by atoms with Crippen molar-refractivity contribution in [2.24, 2.45) is 0 Å². The molecular weight excluding hydrogens is 683 g/mol. The highest BCUT2D eigenvalue weighted by molar-refractivity contribution is 6.03. The predicted molar refractivity (Wildman–Crippen MR) is 197 cm³/mol. The summed E-state index contributed by atoms with van der Waals surface area (Å²) in [5.41, 5.74) is -1.11. The standard InChI is InChI=1S/C40H38F3N7O3/c1-5-28-31(42)12-11-24-16-27(51)17-29(33(24)28)35-34(43)36-30(20-45-35)37(46-22-40(13-7-8-14-40)49(4)32(52)6-2)48-38(47-36)53-23-39(3)18-25(41)21-50(39)26-10-9-15-44-19-26/h1,6,9-12,15-17,19-20,25,51H,2,7-8,13-14,18,21-23H2,3-4H3,(H,46,47,48)/t25-,39+/m1/s1. The van der Waals surface area contributed by atoms with Gasteiger partial charge >= 0.3 is 6.01 Å². The molecule has 0 bridgehead atoms. The van der Waals surface area contributed by atoms with E-state index in [9.17, 15) is 18.7 Å². The molecule has 1 aliphatic heterocycles. The van der Waals surface area contributed by atoms with Crippen molar-refractivity contribution in [3.63, 3.8) is 0 Å². The maximum atomic E-state index is 17.0. The Labute approximate surface area is 304 Å². The highest BCUT2D eigenvalue weighted by atomic mass is 19.1. The van der Waals surface area contributed by atoms with Crippen LogP contribution in [0.1, 0.15) is 44.6 Å². The van der Waals surface area contributed by atoms with Gasteiger partial charge < -0.3 is 25.0 Å². The van der Waals surface area contributed by atoms with Crippen LogP contribution in [0.5, 0.6) is 11.8 Å². The number of aromatic hydroxyl groups is 1. The number of carbonyl (C=O) groups is 1. The van der Waals surface area contributed by atoms with Crippen LogP contribution in [0.2, 0.25) is 0 Å². The molecule has 2 aromatic carbocycles. The lowest BCUT2D eigenvalue weighted by Gasteiger charge is -2.38. The fourth-order valence-electron chi connectivity index (χ4n) is 7.82. The number of aromatic nitrogens is 4. The Kier molecular flexibility index (Phi) is 9.32. The van der Waals surface area contributed by atoms with Gasteiger partial charge in [0.2, 0.25) is 5.91 Å². The number of nitrogens with zero attached hydrogens (tertiary/aromatic N) is 6. The first-order valence-corrected chi connectivity index (χ1v) is 17.3. The Morgan fingerprint density at radius 1 is 1.23 bits per heavy atom. The zero-order chi connectivity index (χ0) is 37.5. The van der Waals surface area contributed by atoms with Crippen molar-refractivity contribution >= 4 is 39.1 Å². The smallest absolute Gasteiger partial charge is 0.319 e. The zero-order valence-electron chi connectivity index (χ0n) is 29.4. The lowest BCUT2D eigenvalue weighted by Crippen LogP contribution is -2.51. The number of hydrogen-bond acceptors (Lipinski definition) is 9. The maximum absolute atomic E-state index is 17.0. The summed E-state index contributed by atoms with van der Waals surface area (Å²) in [6.45, 7) is 5.88. The molecular formula is C40H38F3N7O3. The number of hydrogen-bond donors (Lipinski definition) is 2. The molecule has 272 valence electrons. The van der Waals surface area contributed by atoms with Crippen LogP contribution in [0.15, 0.2) is 67.6 Å². The number of anilines is 2. The average molecular weight is 722 g/mol. The third-order valence-electron chi connectivity index (χ3n) is 10.6. The van der Waals surface area contributed by atoms with Crippen molar-refractivity contribution in [3.05, 3.63) is 84.8 Å². The van der Waals surface area contributed by atoms with Crippen LogP contribution in [0, 0.1) is 24.0 Å². The Morgan fingerprint density at radius 2 is 2.02 bits per heavy atom. The molecule has 0 unspecified atom stereocenters. The van der Waals surface area contributed by atoms with Crippen molar-refractivity contribution in [2.75, 3.05) is 37.0 Å². The van der Waals surface area contributed by atoms with Gasteiger partial charge in [0.1, 0.15) is 41.4 Å². The van der Waals surface area contributed by atoms with Gasteiger partial charge in [-0.15, -0.1) is 6.42 Å². The van der Waals surface area contributed by atoms with Crippen LogP contribution in [0.3, 0.4) is 0 Å². The van der Waals surface area contributed by atoms with E-state index in [0.717, 1.165) is 31.4 Å². The van der Waals surface area contributed by atoms with E-state index >= 15 is 4.39 Å². The molecule has 1 saturated carbocycles. The summed E-state index contributed by atoms with van der Waals surface area (Å²) in [5.74, 6) is 0.546. The Hall–Kier alpha value is -5.90. The molecule has 2 atom stereocenters. The van der Waals surface area contributed by atoms with Crippen LogP contribution >= 0.6 is 0 Å². The minimum absolute atomic E-state index is 0.0463. The largest absolute Gasteiger partial charge is 0.508 e. The van der Waals surface area contributed by atoms with Gasteiger partial charge in [0.05, 0.1) is 40.5 Å². The molecule has 0 radical (unpaired) electrons. The molecule has 2 aliphatic rings. The molecule has 10 nitrogen and oxygen atoms in total. The minimum atomic E-state index is -1.13. The number of amides is 1. The van der Waals surface area contributed by atoms with E-state index in [1.807, 2.05) is 17.9 Å². The highest BCUT2D eigenvalue weighted by Crippen LogP contribution is 2.40. The fraction of sp³-hybridized carbons (Fsp3) is 0.325. The molecule has 1 saturated heterocycles. The number of likely N-dealkylation sites (N-methyl/N-ethyl adjacent to an activating group) is 1. The first-order chi connectivity index (χ1) is 25.5. The zero-order valence-corrected chi connectivity index (χ0v) is 29.4. The Morgan fingerprint density at radius 3 is 2.74 bits per heavy atom. The number of pyridine rings is 2. The van der Waals surface area contributed by atoms with Crippen LogP contribution in [-0.4, -0.2) is 79.8 Å². The van der Waals surface area contributed by atoms with Gasteiger partial charge in [0.25, 0.3) is 0 Å². The molecule has 1 aliphatic carbocycles. The van der Waals surface area contributed by atoms with E-state index in [1.165, 1.54) is 36.5 Å². The molecule has 1 amide bonds. The number of benzene rings is 2. The number of phenols is 1. The summed E-state index contributed by atoms with van der Waals surface area (Å²) in [6.07, 6.45) is 14.0. The molecule has 5 aromatic rings. The summed E-state index contributed by atoms with van der Waals surface area (Å²) in [6, 6.07) is 8.74. The summed E-state index contributed by atoms with van der Waals surface area (Å²) >= 11 is 0. The number of fused-ring (bicyclic) bond motifs is 2. The number of terminal acetylenes is 1. The molecule has 2 fully saturated rings. The van der Waals surface area contributed by atoms with Crippen molar-refractivity contribution in [1.29, 1.82) is 0 Å². The molecule has 13 heteroatoms. The molecule has 0 spiro atoms. The van der Waals surface area contributed by atoms with Crippen LogP contribution in [0.4, 0.5) is 24.7 Å². The van der Waals surface area contributed by atoms with Crippen LogP contribution < -0.4 is 15.0 Å². The van der Waals surface area contributed by atoms with Gasteiger partial charge in [-0.05, 0) is 61.6 Å². The monoisotopic (exact) mass is 721 g/mol. The number of halogens is 3. The van der Waals surface area contributed by atoms with Crippen molar-refractivity contribution in [1.82, 2.24) is 24.8 Å². The lowest BCUT2D eigenvalue weighted by atomic mass is 9.95. The summed E-state index contributed by atoms with van der Waals surface area (Å²) in [5, 5.41) is 14.7. The quantitative estimate of drug-likeness (QED) is 0.117. The molecule has 7 rings (SSSR count). The number of phenolic OH excluding ortho intramolecular Hbond substituents is 1. The summed E-state index contributed by atoms with van der Waals surface area (Å²) in [4.78, 5) is 34.1. The fourth-order valence-corrected chi connectivity index (χ4v) is 7.82. The van der Waals surface area contributed by atoms with E-state index in [1.54, 1.807) is 30.4 Å². The van der Waals surface area contributed by atoms with E-state index in [0.29, 0.717) is 5.39 Å². The number of alkyl halides is 1. The number of nitrogens with one attached hydrogen (secondary N) is 1. The molecule has 2 N–H and O–H groups in total. The van der Waals surface area contributed by atoms with Crippen molar-refractivity contribution < 1.29 is 27.8 Å². The van der Waals surface area contributed by atoms with Gasteiger partial charge in [-0.25, -0.2) is 13.2 Å². The SMILES string of the molecule is C#Cc1c(F)ccc2cc(O)cc(-c3ncc4c(NCC5(N(C)C(=O)C=C)CCCC5)nc(OC[C@]5(C)C[C@@H](F)CN5c5cccnc5)nc4c3F)c12. The number of carbonyl (C=O) groups excluding carboxylic acids is 1. The van der Waals surface area contributed by atoms with E-state index in [2.05, 4.69) is 37.8 Å². The highest BCUT2D eigenvalue weighted by Gasteiger charge is 2.44. The van der Waals surface area contributed by atoms with Crippen molar-refractivity contribution in [3.8, 4) is 35.4 Å². The second kappa shape index (κ2) is 13.9. The minimum Gasteiger partial charge on any atom is -0.508 e. The summed E-state index contributed by atoms with van der Waals surface area (Å²) < 4.78 is 53.1. The van der Waals surface area contributed by atoms with Crippen LogP contribution in [-0.2, 0) is 4.79 Å². The van der Waals surface area contributed by atoms with Gasteiger partial charge in [-0.2, -0.15) is 9.97 Å². The third-order valence-corrected chi connectivity index (χ3v) is 10.6. The van der Waals surface area contributed by atoms with E-state index in [-0.39, 0.29) is 82.7 Å². The first-order valence-electron chi connectivity index (χ1n) is 17.3. The van der Waals surface area contributed by atoms with Gasteiger partial charge in [0.15, 0.2) is 5.82 Å². The first kappa shape index (κ1) is 35.5. The van der Waals surface area contributed by atoms with Crippen molar-refractivity contribution in [2.45, 2.75) is 56.3 Å². The topological polar surface area (TPSA) is 117 Å². The average Bonchev–Trinajstić information content (AvgIpc) is 3.77. The van der Waals surface area contributed by atoms with E-state index in [4.69, 9.17) is 11.2 Å². The second-order valence-corrected chi connectivity index (χ2v) is 14.0. The Balaban J connectivity index is 1.34. The number of ether oxygens (including phenoxy) is 1. The van der Waals surface area contributed by atoms with Gasteiger partial charge in [-0.3, -0.25) is 14.8 Å². The normalized spacial score (nSPS) is 19.3. The van der Waals surface area contributed by atoms with Gasteiger partial charge in [0, 0.05) is 43.4 Å². The molecule has 4 heterocycles. The van der Waals surface area contributed by atoms with Crippen LogP contribution in [0.25, 0.3) is 32.9 Å². The van der Waals surface area contributed by atoms with E-state index < -0.39 is 28.9 Å². The summed E-state index contributed by atoms with van der Waals surface area (Å²) in [7, 11) is 1.73.